The number of Topliss-reactive ketones (excluding diaryl/α,β-unsaturated/α-hetero) is 1. The third-order valence-corrected chi connectivity index (χ3v) is 7.09. The number of benzene rings is 2. The molecule has 1 amide bonds. The minimum Gasteiger partial charge on any atom is -0.497 e. The first-order valence-electron chi connectivity index (χ1n) is 11.7. The molecule has 178 valence electrons. The number of ketones is 1. The maximum absolute atomic E-state index is 14.2. The molecule has 0 bridgehead atoms. The minimum atomic E-state index is -1.02. The molecule has 0 radical (unpaired) electrons. The standard InChI is InChI=1S/C27H28FNO5/c1-32-19-9-6-16(7-10-19)12-13-29-24(17-4-3-5-20(14-17)33-2)23-25(30)21-15-18(28)8-11-22(21)34-26(23)27(29)31/h3-7,9-10,14,18,21-22,24H,8,11-13,15H2,1-2H3. The van der Waals surface area contributed by atoms with Gasteiger partial charge < -0.3 is 19.1 Å². The molecule has 2 aromatic carbocycles. The average molecular weight is 466 g/mol. The van der Waals surface area contributed by atoms with E-state index in [0.29, 0.717) is 37.1 Å². The van der Waals surface area contributed by atoms with Gasteiger partial charge in [0.25, 0.3) is 5.91 Å². The van der Waals surface area contributed by atoms with Crippen LogP contribution in [0.3, 0.4) is 0 Å². The molecular formula is C27H28FNO5. The van der Waals surface area contributed by atoms with Gasteiger partial charge in [-0.25, -0.2) is 4.39 Å². The Kier molecular flexibility index (Phi) is 6.02. The smallest absolute Gasteiger partial charge is 0.290 e. The fourth-order valence-electron chi connectivity index (χ4n) is 5.29. The zero-order chi connectivity index (χ0) is 23.8. The lowest BCUT2D eigenvalue weighted by molar-refractivity contribution is -0.136. The molecule has 1 saturated carbocycles. The highest BCUT2D eigenvalue weighted by Gasteiger charge is 2.52. The Balaban J connectivity index is 1.49. The van der Waals surface area contributed by atoms with Gasteiger partial charge in [0.15, 0.2) is 11.5 Å². The number of methoxy groups -OCH3 is 2. The van der Waals surface area contributed by atoms with E-state index in [4.69, 9.17) is 14.2 Å². The summed E-state index contributed by atoms with van der Waals surface area (Å²) in [6.07, 6.45) is 0.0858. The van der Waals surface area contributed by atoms with Gasteiger partial charge in [-0.15, -0.1) is 0 Å². The number of hydrogen-bond acceptors (Lipinski definition) is 5. The maximum Gasteiger partial charge on any atom is 0.290 e. The van der Waals surface area contributed by atoms with Crippen molar-refractivity contribution in [1.82, 2.24) is 4.90 Å². The van der Waals surface area contributed by atoms with Gasteiger partial charge in [-0.2, -0.15) is 0 Å². The van der Waals surface area contributed by atoms with Gasteiger partial charge in [-0.05, 0) is 61.1 Å². The molecule has 6 nitrogen and oxygen atoms in total. The minimum absolute atomic E-state index is 0.131. The van der Waals surface area contributed by atoms with Crippen molar-refractivity contribution in [2.45, 2.75) is 44.0 Å². The summed E-state index contributed by atoms with van der Waals surface area (Å²) in [6, 6.07) is 14.5. The van der Waals surface area contributed by atoms with Crippen LogP contribution in [-0.2, 0) is 20.7 Å². The maximum atomic E-state index is 14.2. The predicted octanol–water partition coefficient (Wildman–Crippen LogP) is 4.19. The monoisotopic (exact) mass is 465 g/mol. The van der Waals surface area contributed by atoms with Gasteiger partial charge in [-0.3, -0.25) is 9.59 Å². The number of nitrogens with zero attached hydrogens (tertiary/aromatic N) is 1. The molecule has 4 atom stereocenters. The highest BCUT2D eigenvalue weighted by Crippen LogP contribution is 2.47. The van der Waals surface area contributed by atoms with E-state index in [2.05, 4.69) is 0 Å². The van der Waals surface area contributed by atoms with Crippen LogP contribution in [0.2, 0.25) is 0 Å². The van der Waals surface area contributed by atoms with Crippen LogP contribution in [0.1, 0.15) is 36.4 Å². The van der Waals surface area contributed by atoms with E-state index in [1.54, 1.807) is 19.1 Å². The molecule has 0 N–H and O–H groups in total. The molecule has 5 rings (SSSR count). The molecule has 2 aromatic rings. The van der Waals surface area contributed by atoms with Gasteiger partial charge in [0.05, 0.1) is 31.8 Å². The first-order chi connectivity index (χ1) is 16.5. The third-order valence-electron chi connectivity index (χ3n) is 7.09. The number of alkyl halides is 1. The summed E-state index contributed by atoms with van der Waals surface area (Å²) in [5.41, 5.74) is 2.17. The topological polar surface area (TPSA) is 65.1 Å². The van der Waals surface area contributed by atoms with Crippen molar-refractivity contribution < 1.29 is 28.2 Å². The Hall–Kier alpha value is -3.35. The van der Waals surface area contributed by atoms with Crippen LogP contribution in [0.4, 0.5) is 4.39 Å². The zero-order valence-electron chi connectivity index (χ0n) is 19.3. The van der Waals surface area contributed by atoms with E-state index < -0.39 is 24.2 Å². The summed E-state index contributed by atoms with van der Waals surface area (Å²) >= 11 is 0. The number of hydrogen-bond donors (Lipinski definition) is 0. The number of ether oxygens (including phenoxy) is 3. The highest BCUT2D eigenvalue weighted by atomic mass is 19.1. The van der Waals surface area contributed by atoms with E-state index in [1.165, 1.54) is 0 Å². The molecule has 1 aliphatic carbocycles. The second-order valence-corrected chi connectivity index (χ2v) is 9.06. The number of amides is 1. The predicted molar refractivity (Wildman–Crippen MR) is 123 cm³/mol. The summed E-state index contributed by atoms with van der Waals surface area (Å²) < 4.78 is 30.9. The van der Waals surface area contributed by atoms with E-state index >= 15 is 0 Å². The number of rotatable bonds is 6. The molecule has 2 aliphatic heterocycles. The molecule has 3 aliphatic rings. The Morgan fingerprint density at radius 2 is 1.79 bits per heavy atom. The van der Waals surface area contributed by atoms with Crippen molar-refractivity contribution in [1.29, 1.82) is 0 Å². The Morgan fingerprint density at radius 1 is 1.03 bits per heavy atom. The first-order valence-corrected chi connectivity index (χ1v) is 11.7. The first kappa shape index (κ1) is 22.4. The van der Waals surface area contributed by atoms with Crippen molar-refractivity contribution in [3.63, 3.8) is 0 Å². The molecule has 7 heteroatoms. The van der Waals surface area contributed by atoms with Gasteiger partial charge in [-0.1, -0.05) is 24.3 Å². The molecular weight excluding hydrogens is 437 g/mol. The van der Waals surface area contributed by atoms with Crippen LogP contribution in [0.25, 0.3) is 0 Å². The number of carbonyl (C=O) groups excluding carboxylic acids is 2. The number of fused-ring (bicyclic) bond motifs is 1. The van der Waals surface area contributed by atoms with Crippen LogP contribution >= 0.6 is 0 Å². The highest BCUT2D eigenvalue weighted by molar-refractivity contribution is 6.11. The van der Waals surface area contributed by atoms with E-state index in [1.807, 2.05) is 48.5 Å². The Bertz CT molecular complexity index is 1130. The normalized spacial score (nSPS) is 26.1. The van der Waals surface area contributed by atoms with E-state index in [-0.39, 0.29) is 23.9 Å². The van der Waals surface area contributed by atoms with Crippen molar-refractivity contribution >= 4 is 11.7 Å². The van der Waals surface area contributed by atoms with Crippen molar-refractivity contribution in [3.8, 4) is 11.5 Å². The number of halogens is 1. The fourth-order valence-corrected chi connectivity index (χ4v) is 5.29. The Morgan fingerprint density at radius 3 is 2.53 bits per heavy atom. The lowest BCUT2D eigenvalue weighted by atomic mass is 9.77. The van der Waals surface area contributed by atoms with Crippen LogP contribution in [0.15, 0.2) is 59.9 Å². The van der Waals surface area contributed by atoms with Crippen LogP contribution < -0.4 is 9.47 Å². The summed E-state index contributed by atoms with van der Waals surface area (Å²) in [6.45, 7) is 0.401. The summed E-state index contributed by atoms with van der Waals surface area (Å²) in [7, 11) is 3.19. The number of carbonyl (C=O) groups is 2. The largest absolute Gasteiger partial charge is 0.497 e. The van der Waals surface area contributed by atoms with Crippen LogP contribution in [0, 0.1) is 5.92 Å². The molecule has 0 saturated heterocycles. The van der Waals surface area contributed by atoms with Gasteiger partial charge in [0.1, 0.15) is 23.8 Å². The molecule has 34 heavy (non-hydrogen) atoms. The lowest BCUT2D eigenvalue weighted by Gasteiger charge is -2.36. The van der Waals surface area contributed by atoms with Crippen molar-refractivity contribution in [3.05, 3.63) is 71.0 Å². The van der Waals surface area contributed by atoms with Crippen LogP contribution in [-0.4, -0.2) is 49.6 Å². The van der Waals surface area contributed by atoms with E-state index in [0.717, 1.165) is 16.9 Å². The SMILES string of the molecule is COc1ccc(CCN2C(=O)C3=C(C(=O)C4CC(F)CCC4O3)C2c2cccc(OC)c2)cc1. The van der Waals surface area contributed by atoms with Crippen molar-refractivity contribution in [2.24, 2.45) is 5.92 Å². The zero-order valence-corrected chi connectivity index (χ0v) is 19.3. The fraction of sp³-hybridized carbons (Fsp3) is 0.407. The van der Waals surface area contributed by atoms with Crippen molar-refractivity contribution in [2.75, 3.05) is 20.8 Å². The molecule has 1 fully saturated rings. The quantitative estimate of drug-likeness (QED) is 0.640. The molecule has 4 unspecified atom stereocenters. The second-order valence-electron chi connectivity index (χ2n) is 9.06. The van der Waals surface area contributed by atoms with Gasteiger partial charge in [0.2, 0.25) is 0 Å². The molecule has 0 spiro atoms. The average Bonchev–Trinajstić information content (AvgIpc) is 3.15. The second kappa shape index (κ2) is 9.12. The van der Waals surface area contributed by atoms with Gasteiger partial charge in [0, 0.05) is 6.54 Å². The summed E-state index contributed by atoms with van der Waals surface area (Å²) in [4.78, 5) is 28.9. The van der Waals surface area contributed by atoms with E-state index in [9.17, 15) is 14.0 Å². The Labute approximate surface area is 198 Å². The summed E-state index contributed by atoms with van der Waals surface area (Å²) in [5.74, 6) is 0.529. The molecule has 0 aromatic heterocycles. The summed E-state index contributed by atoms with van der Waals surface area (Å²) in [5, 5.41) is 0. The van der Waals surface area contributed by atoms with Gasteiger partial charge >= 0.3 is 0 Å². The van der Waals surface area contributed by atoms with Crippen LogP contribution in [0.5, 0.6) is 11.5 Å². The third kappa shape index (κ3) is 3.93. The molecule has 2 heterocycles. The lowest BCUT2D eigenvalue weighted by Crippen LogP contribution is -2.42.